The van der Waals surface area contributed by atoms with Gasteiger partial charge in [-0.25, -0.2) is 4.79 Å². The second kappa shape index (κ2) is 5.03. The number of carbonyl (C=O) groups excluding carboxylic acids is 1. The zero-order valence-corrected chi connectivity index (χ0v) is 11.0. The van der Waals surface area contributed by atoms with Crippen molar-refractivity contribution in [1.29, 1.82) is 0 Å². The van der Waals surface area contributed by atoms with Crippen LogP contribution in [0.15, 0.2) is 17.7 Å². The molecule has 1 fully saturated rings. The largest absolute Gasteiger partial charge is 0.498 e. The first-order valence-corrected chi connectivity index (χ1v) is 6.64. The van der Waals surface area contributed by atoms with Crippen LogP contribution in [0.3, 0.4) is 0 Å². The summed E-state index contributed by atoms with van der Waals surface area (Å²) in [7, 11) is 0. The number of aromatic nitrogens is 3. The molecule has 0 spiro atoms. The SMILES string of the molecule is CC1=C(C(=O)OCc2nncn2C2CC2)CCCO1. The fraction of sp³-hybridized carbons (Fsp3) is 0.615. The molecule has 0 bridgehead atoms. The van der Waals surface area contributed by atoms with Gasteiger partial charge in [0.15, 0.2) is 12.4 Å². The average molecular weight is 263 g/mol. The highest BCUT2D eigenvalue weighted by Gasteiger charge is 2.27. The maximum absolute atomic E-state index is 12.0. The molecule has 1 aromatic heterocycles. The average Bonchev–Trinajstić information content (AvgIpc) is 3.15. The van der Waals surface area contributed by atoms with Crippen molar-refractivity contribution in [2.45, 2.75) is 45.3 Å². The molecule has 2 heterocycles. The zero-order chi connectivity index (χ0) is 13.2. The molecule has 1 aliphatic heterocycles. The van der Waals surface area contributed by atoms with E-state index in [0.717, 1.165) is 25.7 Å². The van der Waals surface area contributed by atoms with Gasteiger partial charge in [0.1, 0.15) is 12.1 Å². The molecule has 1 saturated carbocycles. The molecule has 1 aliphatic carbocycles. The van der Waals surface area contributed by atoms with E-state index < -0.39 is 0 Å². The van der Waals surface area contributed by atoms with Crippen molar-refractivity contribution in [2.24, 2.45) is 0 Å². The summed E-state index contributed by atoms with van der Waals surface area (Å²) >= 11 is 0. The highest BCUT2D eigenvalue weighted by molar-refractivity contribution is 5.89. The Hall–Kier alpha value is -1.85. The molecule has 0 atom stereocenters. The van der Waals surface area contributed by atoms with E-state index in [0.29, 0.717) is 29.8 Å². The van der Waals surface area contributed by atoms with Gasteiger partial charge in [-0.3, -0.25) is 0 Å². The van der Waals surface area contributed by atoms with Crippen molar-refractivity contribution in [3.8, 4) is 0 Å². The lowest BCUT2D eigenvalue weighted by Gasteiger charge is -2.17. The van der Waals surface area contributed by atoms with Gasteiger partial charge < -0.3 is 14.0 Å². The normalized spacial score (nSPS) is 19.2. The molecular formula is C13H17N3O3. The van der Waals surface area contributed by atoms with E-state index in [-0.39, 0.29) is 12.6 Å². The van der Waals surface area contributed by atoms with Gasteiger partial charge in [0.05, 0.1) is 12.2 Å². The summed E-state index contributed by atoms with van der Waals surface area (Å²) in [6, 6.07) is 0.489. The first kappa shape index (κ1) is 12.2. The minimum atomic E-state index is -0.303. The second-order valence-electron chi connectivity index (χ2n) is 4.95. The summed E-state index contributed by atoms with van der Waals surface area (Å²) in [5, 5.41) is 7.88. The molecule has 0 unspecified atom stereocenters. The Balaban J connectivity index is 1.62. The maximum atomic E-state index is 12.0. The molecule has 0 aromatic carbocycles. The molecule has 2 aliphatic rings. The van der Waals surface area contributed by atoms with Crippen molar-refractivity contribution < 1.29 is 14.3 Å². The number of rotatable bonds is 4. The third kappa shape index (κ3) is 2.62. The molecule has 102 valence electrons. The minimum absolute atomic E-state index is 0.173. The first-order valence-electron chi connectivity index (χ1n) is 6.64. The molecule has 0 amide bonds. The van der Waals surface area contributed by atoms with E-state index in [9.17, 15) is 4.79 Å². The monoisotopic (exact) mass is 263 g/mol. The molecule has 3 rings (SSSR count). The summed E-state index contributed by atoms with van der Waals surface area (Å²) in [6.45, 7) is 2.66. The lowest BCUT2D eigenvalue weighted by Crippen LogP contribution is -2.16. The number of nitrogens with zero attached hydrogens (tertiary/aromatic N) is 3. The summed E-state index contributed by atoms with van der Waals surface area (Å²) < 4.78 is 12.7. The van der Waals surface area contributed by atoms with Gasteiger partial charge in [-0.05, 0) is 32.6 Å². The standard InChI is InChI=1S/C13H17N3O3/c1-9-11(3-2-6-18-9)13(17)19-7-12-15-14-8-16(12)10-4-5-10/h8,10H,2-7H2,1H3. The van der Waals surface area contributed by atoms with Gasteiger partial charge in [0.25, 0.3) is 0 Å². The van der Waals surface area contributed by atoms with E-state index in [1.807, 2.05) is 11.5 Å². The fourth-order valence-electron chi connectivity index (χ4n) is 2.23. The maximum Gasteiger partial charge on any atom is 0.337 e. The Labute approximate surface area is 111 Å². The summed E-state index contributed by atoms with van der Waals surface area (Å²) in [6.07, 6.45) is 5.59. The highest BCUT2D eigenvalue weighted by Crippen LogP contribution is 2.35. The molecule has 19 heavy (non-hydrogen) atoms. The van der Waals surface area contributed by atoms with E-state index in [1.165, 1.54) is 0 Å². The Morgan fingerprint density at radius 2 is 2.42 bits per heavy atom. The third-order valence-electron chi connectivity index (χ3n) is 3.48. The van der Waals surface area contributed by atoms with Gasteiger partial charge in [0.2, 0.25) is 0 Å². The van der Waals surface area contributed by atoms with Crippen LogP contribution in [0.25, 0.3) is 0 Å². The summed E-state index contributed by atoms with van der Waals surface area (Å²) in [4.78, 5) is 12.0. The lowest BCUT2D eigenvalue weighted by atomic mass is 10.1. The Morgan fingerprint density at radius 3 is 3.16 bits per heavy atom. The van der Waals surface area contributed by atoms with Crippen LogP contribution in [0.2, 0.25) is 0 Å². The highest BCUT2D eigenvalue weighted by atomic mass is 16.5. The van der Waals surface area contributed by atoms with E-state index in [4.69, 9.17) is 9.47 Å². The number of ether oxygens (including phenoxy) is 2. The molecule has 0 radical (unpaired) electrons. The topological polar surface area (TPSA) is 66.2 Å². The van der Waals surface area contributed by atoms with Crippen molar-refractivity contribution in [2.75, 3.05) is 6.61 Å². The Bertz CT molecular complexity index is 517. The van der Waals surface area contributed by atoms with Gasteiger partial charge in [0, 0.05) is 6.04 Å². The molecule has 0 saturated heterocycles. The van der Waals surface area contributed by atoms with Crippen LogP contribution < -0.4 is 0 Å². The summed E-state index contributed by atoms with van der Waals surface area (Å²) in [5.41, 5.74) is 0.642. The van der Waals surface area contributed by atoms with Crippen molar-refractivity contribution >= 4 is 5.97 Å². The first-order chi connectivity index (χ1) is 9.25. The van der Waals surface area contributed by atoms with Crippen molar-refractivity contribution in [3.63, 3.8) is 0 Å². The van der Waals surface area contributed by atoms with Crippen LogP contribution in [-0.4, -0.2) is 27.3 Å². The molecule has 6 nitrogen and oxygen atoms in total. The van der Waals surface area contributed by atoms with Gasteiger partial charge in [-0.15, -0.1) is 10.2 Å². The van der Waals surface area contributed by atoms with Crippen LogP contribution in [0, 0.1) is 0 Å². The van der Waals surface area contributed by atoms with E-state index >= 15 is 0 Å². The van der Waals surface area contributed by atoms with Gasteiger partial charge in [-0.2, -0.15) is 0 Å². The van der Waals surface area contributed by atoms with Crippen molar-refractivity contribution in [1.82, 2.24) is 14.8 Å². The van der Waals surface area contributed by atoms with Crippen LogP contribution in [0.1, 0.15) is 44.5 Å². The molecule has 6 heteroatoms. The number of allylic oxidation sites excluding steroid dienone is 1. The predicted octanol–water partition coefficient (Wildman–Crippen LogP) is 1.74. The minimum Gasteiger partial charge on any atom is -0.498 e. The van der Waals surface area contributed by atoms with Crippen LogP contribution in [0.5, 0.6) is 0 Å². The Morgan fingerprint density at radius 1 is 1.58 bits per heavy atom. The van der Waals surface area contributed by atoms with E-state index in [2.05, 4.69) is 10.2 Å². The van der Waals surface area contributed by atoms with Crippen molar-refractivity contribution in [3.05, 3.63) is 23.5 Å². The smallest absolute Gasteiger partial charge is 0.337 e. The Kier molecular flexibility index (Phi) is 3.23. The predicted molar refractivity (Wildman–Crippen MR) is 66.0 cm³/mol. The number of esters is 1. The number of hydrogen-bond acceptors (Lipinski definition) is 5. The van der Waals surface area contributed by atoms with Crippen LogP contribution >= 0.6 is 0 Å². The van der Waals surface area contributed by atoms with Gasteiger partial charge >= 0.3 is 5.97 Å². The lowest BCUT2D eigenvalue weighted by molar-refractivity contribution is -0.141. The number of hydrogen-bond donors (Lipinski definition) is 0. The second-order valence-corrected chi connectivity index (χ2v) is 4.95. The van der Waals surface area contributed by atoms with E-state index in [1.54, 1.807) is 6.33 Å². The van der Waals surface area contributed by atoms with Crippen LogP contribution in [0.4, 0.5) is 0 Å². The summed E-state index contributed by atoms with van der Waals surface area (Å²) in [5.74, 6) is 1.09. The zero-order valence-electron chi connectivity index (χ0n) is 11.0. The third-order valence-corrected chi connectivity index (χ3v) is 3.48. The van der Waals surface area contributed by atoms with Crippen LogP contribution in [-0.2, 0) is 20.9 Å². The van der Waals surface area contributed by atoms with Gasteiger partial charge in [-0.1, -0.05) is 0 Å². The molecule has 0 N–H and O–H groups in total. The molecule has 1 aromatic rings. The number of carbonyl (C=O) groups is 1. The fourth-order valence-corrected chi connectivity index (χ4v) is 2.23. The quantitative estimate of drug-likeness (QED) is 0.774. The molecular weight excluding hydrogens is 246 g/mol.